The topological polar surface area (TPSA) is 103 Å². The van der Waals surface area contributed by atoms with E-state index >= 15 is 0 Å². The lowest BCUT2D eigenvalue weighted by Gasteiger charge is -2.04. The van der Waals surface area contributed by atoms with Crippen LogP contribution in [0.25, 0.3) is 0 Å². The molecule has 94 valence electrons. The molecule has 3 N–H and O–H groups in total. The highest BCUT2D eigenvalue weighted by Crippen LogP contribution is 2.12. The molecule has 2 rings (SSSR count). The van der Waals surface area contributed by atoms with Crippen LogP contribution in [0.15, 0.2) is 24.3 Å². The van der Waals surface area contributed by atoms with Gasteiger partial charge in [-0.3, -0.25) is 5.10 Å². The van der Waals surface area contributed by atoms with Crippen LogP contribution in [-0.4, -0.2) is 28.3 Å². The summed E-state index contributed by atoms with van der Waals surface area (Å²) in [6, 6.07) is 7.19. The Hall–Kier alpha value is -2.57. The Balaban J connectivity index is 1.92. The highest BCUT2D eigenvalue weighted by Gasteiger charge is 2.12. The summed E-state index contributed by atoms with van der Waals surface area (Å²) in [6.45, 7) is 0.142. The number of anilines is 1. The molecule has 0 unspecified atom stereocenters. The number of hydrogen-bond acceptors (Lipinski definition) is 6. The van der Waals surface area contributed by atoms with Gasteiger partial charge in [0.15, 0.2) is 0 Å². The maximum Gasteiger partial charge on any atom is 0.376 e. The van der Waals surface area contributed by atoms with Gasteiger partial charge in [0.05, 0.1) is 7.11 Å². The van der Waals surface area contributed by atoms with Gasteiger partial charge in [-0.25, -0.2) is 4.79 Å². The number of nitrogens with one attached hydrogen (secondary N) is 1. The van der Waals surface area contributed by atoms with Crippen molar-refractivity contribution >= 4 is 11.9 Å². The Bertz CT molecular complexity index is 535. The zero-order chi connectivity index (χ0) is 13.0. The maximum atomic E-state index is 11.5. The van der Waals surface area contributed by atoms with Crippen LogP contribution in [0.3, 0.4) is 0 Å². The Kier molecular flexibility index (Phi) is 3.42. The molecular weight excluding hydrogens is 236 g/mol. The molecule has 0 saturated carbocycles. The van der Waals surface area contributed by atoms with Crippen LogP contribution in [-0.2, 0) is 11.3 Å². The van der Waals surface area contributed by atoms with Crippen molar-refractivity contribution in [2.75, 3.05) is 12.8 Å². The number of rotatable bonds is 4. The predicted molar refractivity (Wildman–Crippen MR) is 62.9 cm³/mol. The average Bonchev–Trinajstić information content (AvgIpc) is 2.83. The van der Waals surface area contributed by atoms with E-state index in [1.165, 1.54) is 0 Å². The average molecular weight is 248 g/mol. The van der Waals surface area contributed by atoms with Crippen LogP contribution in [0.1, 0.15) is 16.2 Å². The quantitative estimate of drug-likeness (QED) is 0.774. The summed E-state index contributed by atoms with van der Waals surface area (Å²) in [6.07, 6.45) is 0. The third-order valence-corrected chi connectivity index (χ3v) is 2.23. The molecule has 0 spiro atoms. The fourth-order valence-electron chi connectivity index (χ4n) is 1.31. The Morgan fingerprint density at radius 1 is 1.39 bits per heavy atom. The number of aromatic amines is 1. The van der Waals surface area contributed by atoms with Crippen molar-refractivity contribution in [3.05, 3.63) is 35.7 Å². The van der Waals surface area contributed by atoms with Gasteiger partial charge in [-0.2, -0.15) is 4.98 Å². The van der Waals surface area contributed by atoms with E-state index in [-0.39, 0.29) is 18.4 Å². The first-order valence-corrected chi connectivity index (χ1v) is 5.17. The summed E-state index contributed by atoms with van der Waals surface area (Å²) in [4.78, 5) is 15.2. The number of aromatic nitrogens is 3. The molecule has 1 aromatic carbocycles. The molecule has 1 heterocycles. The third-order valence-electron chi connectivity index (χ3n) is 2.23. The number of carbonyl (C=O) groups excluding carboxylic acids is 1. The van der Waals surface area contributed by atoms with Gasteiger partial charge < -0.3 is 15.2 Å². The van der Waals surface area contributed by atoms with E-state index in [0.717, 1.165) is 11.3 Å². The normalized spacial score (nSPS) is 10.1. The van der Waals surface area contributed by atoms with E-state index in [2.05, 4.69) is 15.2 Å². The van der Waals surface area contributed by atoms with E-state index in [1.807, 2.05) is 0 Å². The van der Waals surface area contributed by atoms with Gasteiger partial charge in [-0.1, -0.05) is 12.1 Å². The van der Waals surface area contributed by atoms with Crippen LogP contribution in [0.2, 0.25) is 0 Å². The first kappa shape index (κ1) is 11.9. The second kappa shape index (κ2) is 5.17. The predicted octanol–water partition coefficient (Wildman–Crippen LogP) is 0.752. The molecule has 0 aliphatic rings. The third kappa shape index (κ3) is 2.76. The molecule has 0 fully saturated rings. The smallest absolute Gasteiger partial charge is 0.376 e. The van der Waals surface area contributed by atoms with E-state index < -0.39 is 5.97 Å². The van der Waals surface area contributed by atoms with Gasteiger partial charge in [0.1, 0.15) is 12.4 Å². The first-order chi connectivity index (χ1) is 8.69. The number of benzene rings is 1. The molecule has 0 amide bonds. The first-order valence-electron chi connectivity index (χ1n) is 5.17. The monoisotopic (exact) mass is 248 g/mol. The molecule has 1 aromatic heterocycles. The molecule has 7 nitrogen and oxygen atoms in total. The molecule has 0 atom stereocenters. The number of nitrogens with zero attached hydrogens (tertiary/aromatic N) is 2. The van der Waals surface area contributed by atoms with Gasteiger partial charge in [-0.15, -0.1) is 5.10 Å². The SMILES string of the molecule is COc1ccc(COC(=O)c2nc(N)n[nH]2)cc1. The summed E-state index contributed by atoms with van der Waals surface area (Å²) in [5.74, 6) is 0.135. The number of nitrogens with two attached hydrogens (primary N) is 1. The van der Waals surface area contributed by atoms with E-state index in [9.17, 15) is 4.79 Å². The van der Waals surface area contributed by atoms with Crippen LogP contribution in [0.5, 0.6) is 5.75 Å². The van der Waals surface area contributed by atoms with Crippen LogP contribution >= 0.6 is 0 Å². The maximum absolute atomic E-state index is 11.5. The Morgan fingerprint density at radius 2 is 2.11 bits per heavy atom. The minimum absolute atomic E-state index is 0.00592. The summed E-state index contributed by atoms with van der Waals surface area (Å²) < 4.78 is 10.1. The fraction of sp³-hybridized carbons (Fsp3) is 0.182. The molecule has 0 bridgehead atoms. The highest BCUT2D eigenvalue weighted by atomic mass is 16.5. The van der Waals surface area contributed by atoms with E-state index in [4.69, 9.17) is 15.2 Å². The number of hydrogen-bond donors (Lipinski definition) is 2. The largest absolute Gasteiger partial charge is 0.497 e. The number of ether oxygens (including phenoxy) is 2. The van der Waals surface area contributed by atoms with Crippen molar-refractivity contribution in [2.45, 2.75) is 6.61 Å². The summed E-state index contributed by atoms with van der Waals surface area (Å²) in [5.41, 5.74) is 6.12. The molecule has 0 aliphatic carbocycles. The Morgan fingerprint density at radius 3 is 2.67 bits per heavy atom. The lowest BCUT2D eigenvalue weighted by molar-refractivity contribution is 0.0459. The zero-order valence-electron chi connectivity index (χ0n) is 9.71. The lowest BCUT2D eigenvalue weighted by atomic mass is 10.2. The van der Waals surface area contributed by atoms with Gasteiger partial charge >= 0.3 is 5.97 Å². The van der Waals surface area contributed by atoms with Crippen molar-refractivity contribution in [1.82, 2.24) is 15.2 Å². The molecule has 0 aliphatic heterocycles. The van der Waals surface area contributed by atoms with Gasteiger partial charge in [0, 0.05) is 0 Å². The van der Waals surface area contributed by atoms with E-state index in [0.29, 0.717) is 0 Å². The van der Waals surface area contributed by atoms with Crippen molar-refractivity contribution in [1.29, 1.82) is 0 Å². The minimum Gasteiger partial charge on any atom is -0.497 e. The lowest BCUT2D eigenvalue weighted by Crippen LogP contribution is -2.07. The van der Waals surface area contributed by atoms with E-state index in [1.54, 1.807) is 31.4 Å². The number of methoxy groups -OCH3 is 1. The van der Waals surface area contributed by atoms with Crippen molar-refractivity contribution in [3.63, 3.8) is 0 Å². The summed E-state index contributed by atoms with van der Waals surface area (Å²) in [7, 11) is 1.59. The molecule has 2 aromatic rings. The molecule has 7 heteroatoms. The van der Waals surface area contributed by atoms with Gasteiger partial charge in [0.2, 0.25) is 11.8 Å². The number of esters is 1. The van der Waals surface area contributed by atoms with Crippen molar-refractivity contribution in [3.8, 4) is 5.75 Å². The molecule has 0 radical (unpaired) electrons. The van der Waals surface area contributed by atoms with Crippen molar-refractivity contribution in [2.24, 2.45) is 0 Å². The molecule has 18 heavy (non-hydrogen) atoms. The number of carbonyl (C=O) groups is 1. The fourth-order valence-corrected chi connectivity index (χ4v) is 1.31. The number of H-pyrrole nitrogens is 1. The summed E-state index contributed by atoms with van der Waals surface area (Å²) in [5, 5.41) is 5.92. The number of nitrogen functional groups attached to an aromatic ring is 1. The Labute approximate surface area is 103 Å². The highest BCUT2D eigenvalue weighted by molar-refractivity contribution is 5.85. The van der Waals surface area contributed by atoms with Gasteiger partial charge in [-0.05, 0) is 17.7 Å². The molecular formula is C11H12N4O3. The summed E-state index contributed by atoms with van der Waals surface area (Å²) >= 11 is 0. The van der Waals surface area contributed by atoms with Crippen LogP contribution in [0.4, 0.5) is 5.95 Å². The second-order valence-electron chi connectivity index (χ2n) is 3.47. The standard InChI is InChI=1S/C11H12N4O3/c1-17-8-4-2-7(3-5-8)6-18-10(16)9-13-11(12)15-14-9/h2-5H,6H2,1H3,(H3,12,13,14,15). The second-order valence-corrected chi connectivity index (χ2v) is 3.47. The molecule has 0 saturated heterocycles. The minimum atomic E-state index is -0.602. The van der Waals surface area contributed by atoms with Crippen LogP contribution in [0, 0.1) is 0 Å². The zero-order valence-corrected chi connectivity index (χ0v) is 9.71. The van der Waals surface area contributed by atoms with Crippen LogP contribution < -0.4 is 10.5 Å². The van der Waals surface area contributed by atoms with Crippen molar-refractivity contribution < 1.29 is 14.3 Å². The van der Waals surface area contributed by atoms with Gasteiger partial charge in [0.25, 0.3) is 0 Å².